The van der Waals surface area contributed by atoms with Gasteiger partial charge in [-0.1, -0.05) is 24.4 Å². The molecule has 1 unspecified atom stereocenters. The van der Waals surface area contributed by atoms with Gasteiger partial charge >= 0.3 is 0 Å². The van der Waals surface area contributed by atoms with Crippen LogP contribution in [-0.2, 0) is 0 Å². The maximum Gasteiger partial charge on any atom is 0.106 e. The molecule has 1 heterocycles. The Hall–Kier alpha value is -1.13. The van der Waals surface area contributed by atoms with Gasteiger partial charge < -0.3 is 15.5 Å². The number of nitrogens with two attached hydrogens (primary N) is 1. The summed E-state index contributed by atoms with van der Waals surface area (Å²) in [6.45, 7) is 2.17. The lowest BCUT2D eigenvalue weighted by Gasteiger charge is -2.30. The second kappa shape index (κ2) is 5.67. The first-order chi connectivity index (χ1) is 8.59. The fourth-order valence-corrected chi connectivity index (χ4v) is 2.87. The van der Waals surface area contributed by atoms with Crippen molar-refractivity contribution >= 4 is 22.9 Å². The molecule has 0 aliphatic carbocycles. The summed E-state index contributed by atoms with van der Waals surface area (Å²) in [7, 11) is 4.24. The second-order valence-electron chi connectivity index (χ2n) is 5.13. The fraction of sp³-hybridized carbons (Fsp3) is 0.500. The lowest BCUT2D eigenvalue weighted by molar-refractivity contribution is 0.372. The highest BCUT2D eigenvalue weighted by Gasteiger charge is 2.26. The predicted molar refractivity (Wildman–Crippen MR) is 81.3 cm³/mol. The summed E-state index contributed by atoms with van der Waals surface area (Å²) >= 11 is 5.15. The minimum Gasteiger partial charge on any atom is -0.389 e. The van der Waals surface area contributed by atoms with E-state index in [1.165, 1.54) is 18.5 Å². The van der Waals surface area contributed by atoms with Gasteiger partial charge in [0.15, 0.2) is 0 Å². The van der Waals surface area contributed by atoms with Crippen molar-refractivity contribution in [1.82, 2.24) is 4.90 Å². The van der Waals surface area contributed by atoms with Crippen LogP contribution < -0.4 is 10.6 Å². The van der Waals surface area contributed by atoms with E-state index >= 15 is 0 Å². The lowest BCUT2D eigenvalue weighted by atomic mass is 10.1. The van der Waals surface area contributed by atoms with Crippen molar-refractivity contribution in [1.29, 1.82) is 0 Å². The van der Waals surface area contributed by atoms with Crippen LogP contribution in [0.3, 0.4) is 0 Å². The van der Waals surface area contributed by atoms with Crippen LogP contribution in [0.4, 0.5) is 5.69 Å². The molecule has 2 N–H and O–H groups in total. The van der Waals surface area contributed by atoms with Crippen molar-refractivity contribution in [2.45, 2.75) is 18.9 Å². The summed E-state index contributed by atoms with van der Waals surface area (Å²) in [4.78, 5) is 5.18. The standard InChI is InChI=1S/C14H21N3S/c1-16(2)10-11-6-5-9-17(11)13-8-4-3-7-12(13)14(15)18/h3-4,7-8,11H,5-6,9-10H2,1-2H3,(H2,15,18). The SMILES string of the molecule is CN(C)CC1CCCN1c1ccccc1C(N)=S. The third kappa shape index (κ3) is 2.82. The van der Waals surface area contributed by atoms with Gasteiger partial charge in [0.1, 0.15) is 4.99 Å². The minimum atomic E-state index is 0.487. The average Bonchev–Trinajstić information content (AvgIpc) is 2.76. The number of likely N-dealkylation sites (N-methyl/N-ethyl adjacent to an activating group) is 1. The monoisotopic (exact) mass is 263 g/mol. The van der Waals surface area contributed by atoms with Crippen molar-refractivity contribution in [3.05, 3.63) is 29.8 Å². The Morgan fingerprint density at radius 1 is 1.44 bits per heavy atom. The molecule has 18 heavy (non-hydrogen) atoms. The molecule has 1 saturated heterocycles. The summed E-state index contributed by atoms with van der Waals surface area (Å²) in [5.74, 6) is 0. The maximum absolute atomic E-state index is 5.82. The van der Waals surface area contributed by atoms with E-state index in [2.05, 4.69) is 36.0 Å². The van der Waals surface area contributed by atoms with E-state index in [9.17, 15) is 0 Å². The zero-order chi connectivity index (χ0) is 13.1. The predicted octanol–water partition coefficient (Wildman–Crippen LogP) is 1.85. The van der Waals surface area contributed by atoms with E-state index < -0.39 is 0 Å². The zero-order valence-electron chi connectivity index (χ0n) is 11.1. The Bertz CT molecular complexity index is 431. The van der Waals surface area contributed by atoms with E-state index in [0.29, 0.717) is 11.0 Å². The van der Waals surface area contributed by atoms with Gasteiger partial charge in [0.05, 0.1) is 0 Å². The summed E-state index contributed by atoms with van der Waals surface area (Å²) in [6.07, 6.45) is 2.48. The molecule has 1 atom stereocenters. The molecule has 0 radical (unpaired) electrons. The molecule has 0 saturated carbocycles. The van der Waals surface area contributed by atoms with Gasteiger partial charge in [-0.2, -0.15) is 0 Å². The number of hydrogen-bond acceptors (Lipinski definition) is 3. The molecule has 98 valence electrons. The van der Waals surface area contributed by atoms with Gasteiger partial charge in [-0.25, -0.2) is 0 Å². The van der Waals surface area contributed by atoms with Crippen LogP contribution in [0.2, 0.25) is 0 Å². The van der Waals surface area contributed by atoms with E-state index in [0.717, 1.165) is 18.7 Å². The number of nitrogens with zero attached hydrogens (tertiary/aromatic N) is 2. The first kappa shape index (κ1) is 13.3. The van der Waals surface area contributed by atoms with E-state index in [4.69, 9.17) is 18.0 Å². The Labute approximate surface area is 115 Å². The first-order valence-corrected chi connectivity index (χ1v) is 6.80. The molecular formula is C14H21N3S. The van der Waals surface area contributed by atoms with Crippen LogP contribution in [0.5, 0.6) is 0 Å². The van der Waals surface area contributed by atoms with Crippen LogP contribution in [0.1, 0.15) is 18.4 Å². The summed E-state index contributed by atoms with van der Waals surface area (Å²) in [6, 6.07) is 8.76. The molecule has 1 aromatic carbocycles. The molecule has 1 fully saturated rings. The highest BCUT2D eigenvalue weighted by molar-refractivity contribution is 7.80. The normalized spacial score (nSPS) is 19.5. The molecule has 0 amide bonds. The second-order valence-corrected chi connectivity index (χ2v) is 5.57. The molecule has 0 aromatic heterocycles. The lowest BCUT2D eigenvalue weighted by Crippen LogP contribution is -2.38. The molecule has 2 rings (SSSR count). The molecule has 1 aliphatic heterocycles. The maximum atomic E-state index is 5.82. The van der Waals surface area contributed by atoms with E-state index in [1.54, 1.807) is 0 Å². The molecule has 4 heteroatoms. The van der Waals surface area contributed by atoms with Gasteiger partial charge in [0, 0.05) is 30.4 Å². The number of benzene rings is 1. The third-order valence-corrected chi connectivity index (χ3v) is 3.65. The van der Waals surface area contributed by atoms with Gasteiger partial charge in [-0.3, -0.25) is 0 Å². The van der Waals surface area contributed by atoms with Crippen LogP contribution >= 0.6 is 12.2 Å². The van der Waals surface area contributed by atoms with Crippen molar-refractivity contribution in [2.24, 2.45) is 5.73 Å². The number of hydrogen-bond donors (Lipinski definition) is 1. The topological polar surface area (TPSA) is 32.5 Å². The molecular weight excluding hydrogens is 242 g/mol. The number of anilines is 1. The first-order valence-electron chi connectivity index (χ1n) is 6.40. The Morgan fingerprint density at radius 2 is 2.17 bits per heavy atom. The van der Waals surface area contributed by atoms with Crippen LogP contribution in [0.15, 0.2) is 24.3 Å². The highest BCUT2D eigenvalue weighted by Crippen LogP contribution is 2.28. The molecule has 3 nitrogen and oxygen atoms in total. The van der Waals surface area contributed by atoms with E-state index in [1.807, 2.05) is 12.1 Å². The average molecular weight is 263 g/mol. The van der Waals surface area contributed by atoms with Crippen LogP contribution in [0.25, 0.3) is 0 Å². The van der Waals surface area contributed by atoms with Gasteiger partial charge in [0.2, 0.25) is 0 Å². The Morgan fingerprint density at radius 3 is 2.83 bits per heavy atom. The third-order valence-electron chi connectivity index (χ3n) is 3.43. The quantitative estimate of drug-likeness (QED) is 0.840. The number of thiocarbonyl (C=S) groups is 1. The van der Waals surface area contributed by atoms with Crippen molar-refractivity contribution in [2.75, 3.05) is 32.1 Å². The van der Waals surface area contributed by atoms with Crippen molar-refractivity contribution in [3.8, 4) is 0 Å². The van der Waals surface area contributed by atoms with Crippen LogP contribution in [0, 0.1) is 0 Å². The van der Waals surface area contributed by atoms with Gasteiger partial charge in [-0.15, -0.1) is 0 Å². The highest BCUT2D eigenvalue weighted by atomic mass is 32.1. The smallest absolute Gasteiger partial charge is 0.106 e. The van der Waals surface area contributed by atoms with Gasteiger partial charge in [0.25, 0.3) is 0 Å². The summed E-state index contributed by atoms with van der Waals surface area (Å²) < 4.78 is 0. The van der Waals surface area contributed by atoms with Gasteiger partial charge in [-0.05, 0) is 39.1 Å². The molecule has 0 bridgehead atoms. The van der Waals surface area contributed by atoms with Crippen molar-refractivity contribution in [3.63, 3.8) is 0 Å². The Balaban J connectivity index is 2.27. The minimum absolute atomic E-state index is 0.487. The summed E-state index contributed by atoms with van der Waals surface area (Å²) in [5, 5.41) is 0. The largest absolute Gasteiger partial charge is 0.389 e. The van der Waals surface area contributed by atoms with Crippen molar-refractivity contribution < 1.29 is 0 Å². The number of rotatable bonds is 4. The molecule has 0 spiro atoms. The van der Waals surface area contributed by atoms with Crippen LogP contribution in [-0.4, -0.2) is 43.1 Å². The number of para-hydroxylation sites is 1. The van der Waals surface area contributed by atoms with E-state index in [-0.39, 0.29) is 0 Å². The molecule has 1 aliphatic rings. The molecule has 1 aromatic rings. The zero-order valence-corrected chi connectivity index (χ0v) is 11.9. The summed E-state index contributed by atoms with van der Waals surface area (Å²) in [5.41, 5.74) is 8.01. The Kier molecular flexibility index (Phi) is 4.19. The fourth-order valence-electron chi connectivity index (χ4n) is 2.70.